The van der Waals surface area contributed by atoms with Gasteiger partial charge in [0.05, 0.1) is 5.39 Å². The van der Waals surface area contributed by atoms with Crippen molar-refractivity contribution in [1.82, 2.24) is 15.0 Å². The molecule has 29 heavy (non-hydrogen) atoms. The summed E-state index contributed by atoms with van der Waals surface area (Å²) in [6, 6.07) is 23.2. The van der Waals surface area contributed by atoms with Gasteiger partial charge in [-0.1, -0.05) is 48.0 Å². The predicted octanol–water partition coefficient (Wildman–Crippen LogP) is 5.54. The van der Waals surface area contributed by atoms with Crippen molar-refractivity contribution in [3.05, 3.63) is 94.4 Å². The molecule has 2 N–H and O–H groups in total. The van der Waals surface area contributed by atoms with Gasteiger partial charge in [0, 0.05) is 16.9 Å². The summed E-state index contributed by atoms with van der Waals surface area (Å²) in [6.45, 7) is 0. The average molecular weight is 399 g/mol. The Hall–Kier alpha value is -3.70. The van der Waals surface area contributed by atoms with E-state index in [1.807, 2.05) is 36.4 Å². The number of aromatic nitrogens is 3. The molecule has 0 bridgehead atoms. The first-order valence-corrected chi connectivity index (χ1v) is 9.46. The lowest BCUT2D eigenvalue weighted by atomic mass is 10.00. The number of rotatable bonds is 3. The minimum Gasteiger partial charge on any atom is -0.326 e. The second-order valence-electron chi connectivity index (χ2n) is 6.67. The fraction of sp³-hybridized carbons (Fsp3) is 0. The molecule has 2 heterocycles. The van der Waals surface area contributed by atoms with Crippen molar-refractivity contribution < 1.29 is 0 Å². The number of hydrogen-bond donors (Lipinski definition) is 2. The van der Waals surface area contributed by atoms with E-state index in [0.717, 1.165) is 27.6 Å². The molecular formula is C23H15ClN4O. The minimum absolute atomic E-state index is 0.247. The number of anilines is 2. The molecule has 0 aliphatic carbocycles. The lowest BCUT2D eigenvalue weighted by molar-refractivity contribution is 1.14. The Morgan fingerprint density at radius 1 is 0.897 bits per heavy atom. The highest BCUT2D eigenvalue weighted by Gasteiger charge is 2.12. The largest absolute Gasteiger partial charge is 0.326 e. The summed E-state index contributed by atoms with van der Waals surface area (Å²) in [7, 11) is 0. The number of H-pyrrole nitrogens is 1. The van der Waals surface area contributed by atoms with Gasteiger partial charge in [0.15, 0.2) is 5.65 Å². The van der Waals surface area contributed by atoms with Gasteiger partial charge in [-0.15, -0.1) is 0 Å². The van der Waals surface area contributed by atoms with Gasteiger partial charge in [-0.2, -0.15) is 4.98 Å². The molecule has 2 aromatic heterocycles. The number of hydrogen-bond acceptors (Lipinski definition) is 4. The Morgan fingerprint density at radius 3 is 2.52 bits per heavy atom. The zero-order valence-electron chi connectivity index (χ0n) is 15.2. The molecule has 0 radical (unpaired) electrons. The van der Waals surface area contributed by atoms with Crippen molar-refractivity contribution in [2.45, 2.75) is 0 Å². The van der Waals surface area contributed by atoms with Gasteiger partial charge in [0.2, 0.25) is 5.95 Å². The van der Waals surface area contributed by atoms with Crippen LogP contribution in [0.4, 0.5) is 11.6 Å². The molecule has 0 saturated heterocycles. The van der Waals surface area contributed by atoms with Gasteiger partial charge in [0.1, 0.15) is 0 Å². The Bertz CT molecular complexity index is 1410. The fourth-order valence-electron chi connectivity index (χ4n) is 3.39. The molecule has 0 aliphatic heterocycles. The van der Waals surface area contributed by atoms with E-state index >= 15 is 0 Å². The second kappa shape index (κ2) is 7.04. The van der Waals surface area contributed by atoms with Crippen molar-refractivity contribution in [2.24, 2.45) is 0 Å². The van der Waals surface area contributed by atoms with Crippen LogP contribution in [-0.4, -0.2) is 15.0 Å². The zero-order chi connectivity index (χ0) is 19.8. The van der Waals surface area contributed by atoms with Gasteiger partial charge >= 0.3 is 0 Å². The van der Waals surface area contributed by atoms with Crippen molar-refractivity contribution >= 4 is 45.0 Å². The zero-order valence-corrected chi connectivity index (χ0v) is 15.9. The maximum Gasteiger partial charge on any atom is 0.262 e. The topological polar surface area (TPSA) is 70.7 Å². The van der Waals surface area contributed by atoms with E-state index in [2.05, 4.69) is 44.5 Å². The molecule has 0 unspecified atom stereocenters. The first-order chi connectivity index (χ1) is 14.2. The number of nitrogens with one attached hydrogen (secondary N) is 2. The molecular weight excluding hydrogens is 384 g/mol. The van der Waals surface area contributed by atoms with Gasteiger partial charge in [-0.25, -0.2) is 4.98 Å². The van der Waals surface area contributed by atoms with E-state index in [4.69, 9.17) is 11.6 Å². The second-order valence-corrected chi connectivity index (χ2v) is 7.10. The number of aromatic amines is 1. The van der Waals surface area contributed by atoms with Crippen molar-refractivity contribution in [2.75, 3.05) is 5.32 Å². The van der Waals surface area contributed by atoms with Crippen LogP contribution < -0.4 is 10.9 Å². The summed E-state index contributed by atoms with van der Waals surface area (Å²) >= 11 is 5.92. The highest BCUT2D eigenvalue weighted by atomic mass is 35.5. The van der Waals surface area contributed by atoms with Gasteiger partial charge < -0.3 is 5.32 Å². The van der Waals surface area contributed by atoms with Gasteiger partial charge in [0.25, 0.3) is 5.56 Å². The number of benzene rings is 3. The molecule has 0 atom stereocenters. The summed E-state index contributed by atoms with van der Waals surface area (Å²) in [5.74, 6) is 0.327. The molecule has 0 aliphatic rings. The lowest BCUT2D eigenvalue weighted by Gasteiger charge is -2.09. The summed E-state index contributed by atoms with van der Waals surface area (Å²) in [5.41, 5.74) is 2.65. The molecule has 0 saturated carbocycles. The molecule has 0 amide bonds. The third-order valence-electron chi connectivity index (χ3n) is 4.78. The SMILES string of the molecule is O=c1[nH]c(Nc2ccc(Cl)cc2)nc2nccc(-c3ccc4ccccc4c3)c12. The highest BCUT2D eigenvalue weighted by molar-refractivity contribution is 6.30. The molecule has 0 fully saturated rings. The highest BCUT2D eigenvalue weighted by Crippen LogP contribution is 2.28. The van der Waals surface area contributed by atoms with E-state index in [0.29, 0.717) is 22.0 Å². The number of fused-ring (bicyclic) bond motifs is 2. The maximum atomic E-state index is 12.9. The van der Waals surface area contributed by atoms with Crippen LogP contribution in [-0.2, 0) is 0 Å². The summed E-state index contributed by atoms with van der Waals surface area (Å²) in [5, 5.41) is 6.44. The Morgan fingerprint density at radius 2 is 1.69 bits per heavy atom. The first-order valence-electron chi connectivity index (χ1n) is 9.08. The molecule has 6 heteroatoms. The molecule has 3 aromatic carbocycles. The average Bonchev–Trinajstić information content (AvgIpc) is 2.74. The maximum absolute atomic E-state index is 12.9. The van der Waals surface area contributed by atoms with Crippen LogP contribution in [0.1, 0.15) is 0 Å². The normalized spacial score (nSPS) is 11.1. The molecule has 5 rings (SSSR count). The van der Waals surface area contributed by atoms with E-state index in [1.165, 1.54) is 0 Å². The van der Waals surface area contributed by atoms with E-state index in [9.17, 15) is 4.79 Å². The monoisotopic (exact) mass is 398 g/mol. The van der Waals surface area contributed by atoms with Crippen LogP contribution in [0.15, 0.2) is 83.8 Å². The van der Waals surface area contributed by atoms with Gasteiger partial charge in [-0.05, 0) is 58.3 Å². The van der Waals surface area contributed by atoms with Gasteiger partial charge in [-0.3, -0.25) is 9.78 Å². The lowest BCUT2D eigenvalue weighted by Crippen LogP contribution is -2.13. The molecule has 0 spiro atoms. The third-order valence-corrected chi connectivity index (χ3v) is 5.03. The quantitative estimate of drug-likeness (QED) is 0.419. The van der Waals surface area contributed by atoms with Crippen LogP contribution in [0, 0.1) is 0 Å². The van der Waals surface area contributed by atoms with Crippen LogP contribution in [0.2, 0.25) is 5.02 Å². The first kappa shape index (κ1) is 17.4. The summed E-state index contributed by atoms with van der Waals surface area (Å²) < 4.78 is 0. The summed E-state index contributed by atoms with van der Waals surface area (Å²) in [4.78, 5) is 24.5. The van der Waals surface area contributed by atoms with Crippen LogP contribution >= 0.6 is 11.6 Å². The Kier molecular flexibility index (Phi) is 4.22. The summed E-state index contributed by atoms with van der Waals surface area (Å²) in [6.07, 6.45) is 1.67. The Labute approximate surface area is 171 Å². The van der Waals surface area contributed by atoms with Crippen molar-refractivity contribution in [3.63, 3.8) is 0 Å². The standard InChI is InChI=1S/C23H15ClN4O/c24-17-7-9-18(10-8-17)26-23-27-21-20(22(29)28-23)19(11-12-25-21)16-6-5-14-3-1-2-4-15(14)13-16/h1-13H,(H2,25,26,27,28,29). The number of pyridine rings is 1. The van der Waals surface area contributed by atoms with E-state index in [-0.39, 0.29) is 5.56 Å². The molecule has 140 valence electrons. The molecule has 5 aromatic rings. The van der Waals surface area contributed by atoms with Crippen LogP contribution in [0.25, 0.3) is 32.9 Å². The van der Waals surface area contributed by atoms with E-state index < -0.39 is 0 Å². The van der Waals surface area contributed by atoms with Crippen molar-refractivity contribution in [3.8, 4) is 11.1 Å². The fourth-order valence-corrected chi connectivity index (χ4v) is 3.52. The predicted molar refractivity (Wildman–Crippen MR) is 118 cm³/mol. The third kappa shape index (κ3) is 3.32. The van der Waals surface area contributed by atoms with Crippen LogP contribution in [0.5, 0.6) is 0 Å². The Balaban J connectivity index is 1.62. The molecule has 5 nitrogen and oxygen atoms in total. The minimum atomic E-state index is -0.247. The van der Waals surface area contributed by atoms with Crippen molar-refractivity contribution in [1.29, 1.82) is 0 Å². The number of halogens is 1. The van der Waals surface area contributed by atoms with Crippen LogP contribution in [0.3, 0.4) is 0 Å². The smallest absolute Gasteiger partial charge is 0.262 e. The number of nitrogens with zero attached hydrogens (tertiary/aromatic N) is 2. The van der Waals surface area contributed by atoms with E-state index in [1.54, 1.807) is 18.3 Å².